The van der Waals surface area contributed by atoms with Crippen LogP contribution >= 0.6 is 0 Å². The fourth-order valence-electron chi connectivity index (χ4n) is 1.27. The van der Waals surface area contributed by atoms with E-state index in [0.717, 1.165) is 4.31 Å². The maximum absolute atomic E-state index is 11.9. The van der Waals surface area contributed by atoms with Gasteiger partial charge in [-0.25, -0.2) is 8.42 Å². The Hall–Kier alpha value is -1.76. The molecule has 0 fully saturated rings. The summed E-state index contributed by atoms with van der Waals surface area (Å²) in [6, 6.07) is 6.46. The van der Waals surface area contributed by atoms with Crippen LogP contribution in [0.3, 0.4) is 0 Å². The first-order valence-corrected chi connectivity index (χ1v) is 6.89. The summed E-state index contributed by atoms with van der Waals surface area (Å²) in [4.78, 5) is 10.6. The molecular weight excluding hydrogens is 256 g/mol. The van der Waals surface area contributed by atoms with Crippen molar-refractivity contribution in [2.75, 3.05) is 29.4 Å². The number of nitrogens with two attached hydrogens (primary N) is 1. The zero-order valence-corrected chi connectivity index (χ0v) is 11.1. The van der Waals surface area contributed by atoms with Crippen molar-refractivity contribution >= 4 is 27.4 Å². The van der Waals surface area contributed by atoms with Crippen LogP contribution in [0.4, 0.5) is 11.4 Å². The zero-order valence-electron chi connectivity index (χ0n) is 10.3. The van der Waals surface area contributed by atoms with Crippen LogP contribution in [0.5, 0.6) is 0 Å². The molecule has 6 nitrogen and oxygen atoms in total. The molecule has 0 unspecified atom stereocenters. The molecule has 1 aromatic rings. The Balaban J connectivity index is 2.72. The van der Waals surface area contributed by atoms with Crippen LogP contribution in [0.15, 0.2) is 24.3 Å². The summed E-state index contributed by atoms with van der Waals surface area (Å²) in [5.74, 6) is -0.756. The number of hydrogen-bond acceptors (Lipinski definition) is 5. The molecule has 0 aliphatic heterocycles. The predicted molar refractivity (Wildman–Crippen MR) is 69.7 cm³/mol. The average molecular weight is 272 g/mol. The van der Waals surface area contributed by atoms with E-state index < -0.39 is 16.0 Å². The summed E-state index contributed by atoms with van der Waals surface area (Å²) in [6.07, 6.45) is 0. The van der Waals surface area contributed by atoms with Gasteiger partial charge in [-0.05, 0) is 24.3 Å². The van der Waals surface area contributed by atoms with E-state index in [4.69, 9.17) is 5.73 Å². The number of hydrogen-bond donors (Lipinski definition) is 1. The molecule has 0 radical (unpaired) electrons. The molecule has 7 heteroatoms. The highest BCUT2D eigenvalue weighted by Gasteiger charge is 2.18. The van der Waals surface area contributed by atoms with E-state index in [2.05, 4.69) is 4.74 Å². The highest BCUT2D eigenvalue weighted by Crippen LogP contribution is 2.17. The third-order valence-corrected chi connectivity index (χ3v) is 4.05. The minimum atomic E-state index is -3.51. The molecule has 1 aromatic carbocycles. The van der Waals surface area contributed by atoms with Gasteiger partial charge in [-0.15, -0.1) is 0 Å². The van der Waals surface area contributed by atoms with Gasteiger partial charge >= 0.3 is 5.97 Å². The lowest BCUT2D eigenvalue weighted by atomic mass is 10.3. The molecular formula is C11H16N2O4S. The lowest BCUT2D eigenvalue weighted by Gasteiger charge is -2.19. The molecule has 0 saturated heterocycles. The van der Waals surface area contributed by atoms with Gasteiger partial charge in [0.1, 0.15) is 12.4 Å². The standard InChI is InChI=1S/C11H16N2O4S/c1-9(14)17-7-8-18(15,16)13(2)11-5-3-10(12)4-6-11/h3-6H,7-8,12H2,1-2H3. The molecule has 100 valence electrons. The second-order valence-corrected chi connectivity index (χ2v) is 5.83. The second-order valence-electron chi connectivity index (χ2n) is 3.72. The van der Waals surface area contributed by atoms with Gasteiger partial charge in [-0.3, -0.25) is 9.10 Å². The van der Waals surface area contributed by atoms with E-state index in [1.807, 2.05) is 0 Å². The highest BCUT2D eigenvalue weighted by molar-refractivity contribution is 7.92. The minimum Gasteiger partial charge on any atom is -0.465 e. The maximum Gasteiger partial charge on any atom is 0.302 e. The van der Waals surface area contributed by atoms with Gasteiger partial charge in [0.25, 0.3) is 0 Å². The number of benzene rings is 1. The Kier molecular flexibility index (Phi) is 4.55. The first-order valence-electron chi connectivity index (χ1n) is 5.28. The first-order chi connectivity index (χ1) is 8.33. The SMILES string of the molecule is CC(=O)OCCS(=O)(=O)N(C)c1ccc(N)cc1. The topological polar surface area (TPSA) is 89.7 Å². The Morgan fingerprint density at radius 3 is 2.39 bits per heavy atom. The number of anilines is 2. The molecule has 0 aromatic heterocycles. The number of rotatable bonds is 5. The minimum absolute atomic E-state index is 0.156. The summed E-state index contributed by atoms with van der Waals surface area (Å²) in [7, 11) is -2.07. The molecule has 0 heterocycles. The molecule has 1 rings (SSSR count). The van der Waals surface area contributed by atoms with Crippen LogP contribution in [-0.2, 0) is 19.6 Å². The molecule has 0 aliphatic rings. The number of sulfonamides is 1. The van der Waals surface area contributed by atoms with Crippen molar-refractivity contribution < 1.29 is 17.9 Å². The van der Waals surface area contributed by atoms with E-state index in [9.17, 15) is 13.2 Å². The lowest BCUT2D eigenvalue weighted by molar-refractivity contribution is -0.140. The quantitative estimate of drug-likeness (QED) is 0.626. The van der Waals surface area contributed by atoms with Crippen molar-refractivity contribution in [3.05, 3.63) is 24.3 Å². The number of nitrogen functional groups attached to an aromatic ring is 1. The summed E-state index contributed by atoms with van der Waals surface area (Å²) >= 11 is 0. The van der Waals surface area contributed by atoms with Crippen molar-refractivity contribution in [2.45, 2.75) is 6.92 Å². The number of nitrogens with zero attached hydrogens (tertiary/aromatic N) is 1. The molecule has 0 bridgehead atoms. The zero-order chi connectivity index (χ0) is 13.8. The second kappa shape index (κ2) is 5.72. The molecule has 0 spiro atoms. The summed E-state index contributed by atoms with van der Waals surface area (Å²) in [6.45, 7) is 1.08. The number of esters is 1. The van der Waals surface area contributed by atoms with Crippen molar-refractivity contribution in [1.82, 2.24) is 0 Å². The predicted octanol–water partition coefficient (Wildman–Crippen LogP) is 0.598. The maximum atomic E-state index is 11.9. The Morgan fingerprint density at radius 1 is 1.33 bits per heavy atom. The fourth-order valence-corrected chi connectivity index (χ4v) is 2.28. The normalized spacial score (nSPS) is 11.0. The van der Waals surface area contributed by atoms with E-state index in [1.54, 1.807) is 24.3 Å². The van der Waals surface area contributed by atoms with Crippen LogP contribution in [0.25, 0.3) is 0 Å². The number of ether oxygens (including phenoxy) is 1. The lowest BCUT2D eigenvalue weighted by Crippen LogP contribution is -2.31. The summed E-state index contributed by atoms with van der Waals surface area (Å²) in [5.41, 5.74) is 6.59. The van der Waals surface area contributed by atoms with Gasteiger partial charge in [-0.2, -0.15) is 0 Å². The first kappa shape index (κ1) is 14.3. The Morgan fingerprint density at radius 2 is 1.89 bits per heavy atom. The van der Waals surface area contributed by atoms with Crippen LogP contribution in [0.2, 0.25) is 0 Å². The van der Waals surface area contributed by atoms with Crippen molar-refractivity contribution in [3.8, 4) is 0 Å². The largest absolute Gasteiger partial charge is 0.465 e. The van der Waals surface area contributed by atoms with E-state index in [-0.39, 0.29) is 12.4 Å². The smallest absolute Gasteiger partial charge is 0.302 e. The molecule has 2 N–H and O–H groups in total. The molecule has 0 aliphatic carbocycles. The van der Waals surface area contributed by atoms with E-state index in [0.29, 0.717) is 11.4 Å². The van der Waals surface area contributed by atoms with Crippen molar-refractivity contribution in [3.63, 3.8) is 0 Å². The average Bonchev–Trinajstić information content (AvgIpc) is 2.28. The third-order valence-electron chi connectivity index (χ3n) is 2.32. The van der Waals surface area contributed by atoms with Crippen LogP contribution in [0.1, 0.15) is 6.92 Å². The monoisotopic (exact) mass is 272 g/mol. The number of carbonyl (C=O) groups excluding carboxylic acids is 1. The van der Waals surface area contributed by atoms with Crippen LogP contribution in [0, 0.1) is 0 Å². The van der Waals surface area contributed by atoms with Gasteiger partial charge in [0.2, 0.25) is 10.0 Å². The van der Waals surface area contributed by atoms with Crippen LogP contribution < -0.4 is 10.0 Å². The summed E-state index contributed by atoms with van der Waals surface area (Å²) < 4.78 is 29.6. The molecule has 0 saturated carbocycles. The van der Waals surface area contributed by atoms with Gasteiger partial charge in [0.05, 0.1) is 5.69 Å². The van der Waals surface area contributed by atoms with Gasteiger partial charge < -0.3 is 10.5 Å². The van der Waals surface area contributed by atoms with E-state index in [1.165, 1.54) is 14.0 Å². The Labute approximate surface area is 106 Å². The molecule has 0 atom stereocenters. The fraction of sp³-hybridized carbons (Fsp3) is 0.364. The molecule has 18 heavy (non-hydrogen) atoms. The third kappa shape index (κ3) is 3.92. The highest BCUT2D eigenvalue weighted by atomic mass is 32.2. The van der Waals surface area contributed by atoms with Crippen molar-refractivity contribution in [1.29, 1.82) is 0 Å². The summed E-state index contributed by atoms with van der Waals surface area (Å²) in [5, 5.41) is 0. The number of carbonyl (C=O) groups is 1. The van der Waals surface area contributed by atoms with Crippen molar-refractivity contribution in [2.24, 2.45) is 0 Å². The Bertz CT molecular complexity index is 510. The van der Waals surface area contributed by atoms with Crippen LogP contribution in [-0.4, -0.2) is 33.8 Å². The van der Waals surface area contributed by atoms with Gasteiger partial charge in [-0.1, -0.05) is 0 Å². The van der Waals surface area contributed by atoms with Gasteiger partial charge in [0.15, 0.2) is 0 Å². The van der Waals surface area contributed by atoms with Gasteiger partial charge in [0, 0.05) is 19.7 Å². The van der Waals surface area contributed by atoms with E-state index >= 15 is 0 Å². The molecule has 0 amide bonds.